The van der Waals surface area contributed by atoms with Crippen molar-refractivity contribution < 1.29 is 9.59 Å². The Bertz CT molecular complexity index is 1170. The van der Waals surface area contributed by atoms with Crippen LogP contribution in [0.15, 0.2) is 54.6 Å². The van der Waals surface area contributed by atoms with Gasteiger partial charge in [0, 0.05) is 23.6 Å². The van der Waals surface area contributed by atoms with Crippen LogP contribution in [0.3, 0.4) is 0 Å². The van der Waals surface area contributed by atoms with Crippen LogP contribution in [0.4, 0.5) is 11.9 Å². The van der Waals surface area contributed by atoms with Crippen LogP contribution in [-0.2, 0) is 9.59 Å². The summed E-state index contributed by atoms with van der Waals surface area (Å²) in [6.45, 7) is 2.04. The van der Waals surface area contributed by atoms with Gasteiger partial charge in [0.1, 0.15) is 6.04 Å². The number of carbonyl (C=O) groups is 2. The predicted molar refractivity (Wildman–Crippen MR) is 114 cm³/mol. The molecule has 2 amide bonds. The van der Waals surface area contributed by atoms with E-state index in [4.69, 9.17) is 11.6 Å². The minimum Gasteiger partial charge on any atom is -0.324 e. The Balaban J connectivity index is 1.61. The number of benzene rings is 2. The van der Waals surface area contributed by atoms with E-state index in [-0.39, 0.29) is 36.6 Å². The molecule has 1 N–H and O–H groups in total. The van der Waals surface area contributed by atoms with Gasteiger partial charge >= 0.3 is 0 Å². The maximum absolute atomic E-state index is 12.2. The second-order valence-electron chi connectivity index (χ2n) is 7.37. The standard InChI is InChI=1S/C22H18ClN5O2/c1-13-2-4-14(5-3-13)17-12-18(15-6-8-16(23)9-7-15)28-21(24-17)25-22(26-28)27-19(29)10-11-20(27)30/h2-9,12,18H,10-11H2,1H3,(H,24,25,26)/t18-/m1/s1. The van der Waals surface area contributed by atoms with Gasteiger partial charge in [-0.1, -0.05) is 53.6 Å². The van der Waals surface area contributed by atoms with Crippen molar-refractivity contribution in [2.24, 2.45) is 0 Å². The number of halogens is 1. The second kappa shape index (κ2) is 7.11. The second-order valence-corrected chi connectivity index (χ2v) is 7.81. The third kappa shape index (κ3) is 3.17. The lowest BCUT2D eigenvalue weighted by Crippen LogP contribution is -2.29. The highest BCUT2D eigenvalue weighted by Crippen LogP contribution is 2.34. The number of rotatable bonds is 3. The molecule has 3 heterocycles. The Kier molecular flexibility index (Phi) is 4.40. The molecule has 5 rings (SSSR count). The van der Waals surface area contributed by atoms with Crippen molar-refractivity contribution in [3.63, 3.8) is 0 Å². The lowest BCUT2D eigenvalue weighted by Gasteiger charge is -2.24. The van der Waals surface area contributed by atoms with Crippen molar-refractivity contribution in [3.05, 3.63) is 76.3 Å². The van der Waals surface area contributed by atoms with Crippen molar-refractivity contribution in [2.75, 3.05) is 10.2 Å². The highest BCUT2D eigenvalue weighted by Gasteiger charge is 2.35. The number of anilines is 2. The Morgan fingerprint density at radius 1 is 1.00 bits per heavy atom. The zero-order valence-corrected chi connectivity index (χ0v) is 16.9. The van der Waals surface area contributed by atoms with Gasteiger partial charge in [0.2, 0.25) is 17.8 Å². The minimum absolute atomic E-state index is 0.0996. The largest absolute Gasteiger partial charge is 0.324 e. The van der Waals surface area contributed by atoms with E-state index in [1.165, 1.54) is 5.56 Å². The van der Waals surface area contributed by atoms with E-state index >= 15 is 0 Å². The van der Waals surface area contributed by atoms with Crippen molar-refractivity contribution in [2.45, 2.75) is 25.8 Å². The summed E-state index contributed by atoms with van der Waals surface area (Å²) >= 11 is 6.07. The molecule has 7 nitrogen and oxygen atoms in total. The number of carbonyl (C=O) groups excluding carboxylic acids is 2. The van der Waals surface area contributed by atoms with Gasteiger partial charge in [0.25, 0.3) is 5.95 Å². The summed E-state index contributed by atoms with van der Waals surface area (Å²) in [5.41, 5.74) is 4.01. The molecule has 0 spiro atoms. The minimum atomic E-state index is -0.280. The molecule has 1 atom stereocenters. The van der Waals surface area contributed by atoms with E-state index in [1.54, 1.807) is 4.68 Å². The van der Waals surface area contributed by atoms with Gasteiger partial charge in [-0.05, 0) is 36.3 Å². The van der Waals surface area contributed by atoms with E-state index in [0.29, 0.717) is 11.0 Å². The summed E-state index contributed by atoms with van der Waals surface area (Å²) in [6.07, 6.45) is 2.42. The molecule has 3 aromatic rings. The SMILES string of the molecule is Cc1ccc(C2=C[C@H](c3ccc(Cl)cc3)n3nc(N4C(=O)CCC4=O)nc3N2)cc1. The van der Waals surface area contributed by atoms with Crippen molar-refractivity contribution in [1.29, 1.82) is 0 Å². The van der Waals surface area contributed by atoms with Crippen LogP contribution in [-0.4, -0.2) is 26.6 Å². The quantitative estimate of drug-likeness (QED) is 0.650. The van der Waals surface area contributed by atoms with Gasteiger partial charge in [-0.25, -0.2) is 9.58 Å². The number of nitrogens with zero attached hydrogens (tertiary/aromatic N) is 4. The smallest absolute Gasteiger partial charge is 0.260 e. The molecule has 8 heteroatoms. The van der Waals surface area contributed by atoms with E-state index in [1.807, 2.05) is 61.5 Å². The Labute approximate surface area is 178 Å². The molecule has 0 radical (unpaired) electrons. The first-order valence-electron chi connectivity index (χ1n) is 9.63. The molecule has 1 saturated heterocycles. The molecule has 0 unspecified atom stereocenters. The summed E-state index contributed by atoms with van der Waals surface area (Å²) < 4.78 is 1.69. The van der Waals surface area contributed by atoms with Gasteiger partial charge in [-0.15, -0.1) is 5.10 Å². The summed E-state index contributed by atoms with van der Waals surface area (Å²) in [6, 6.07) is 15.4. The maximum atomic E-state index is 12.2. The van der Waals surface area contributed by atoms with Crippen LogP contribution in [0, 0.1) is 6.92 Å². The highest BCUT2D eigenvalue weighted by molar-refractivity contribution is 6.30. The van der Waals surface area contributed by atoms with Crippen molar-refractivity contribution in [1.82, 2.24) is 14.8 Å². The van der Waals surface area contributed by atoms with Crippen molar-refractivity contribution in [3.8, 4) is 0 Å². The van der Waals surface area contributed by atoms with Crippen LogP contribution in [0.5, 0.6) is 0 Å². The number of imide groups is 1. The summed E-state index contributed by atoms with van der Waals surface area (Å²) in [5.74, 6) is 0.00783. The molecule has 1 fully saturated rings. The number of allylic oxidation sites excluding steroid dienone is 1. The van der Waals surface area contributed by atoms with Crippen molar-refractivity contribution >= 4 is 41.0 Å². The predicted octanol–water partition coefficient (Wildman–Crippen LogP) is 3.95. The molecule has 2 aromatic carbocycles. The third-order valence-corrected chi connectivity index (χ3v) is 5.53. The molecule has 1 aromatic heterocycles. The fourth-order valence-electron chi connectivity index (χ4n) is 3.68. The lowest BCUT2D eigenvalue weighted by molar-refractivity contribution is -0.121. The normalized spacial score (nSPS) is 18.3. The van der Waals surface area contributed by atoms with Crippen LogP contribution in [0.2, 0.25) is 5.02 Å². The monoisotopic (exact) mass is 419 g/mol. The van der Waals surface area contributed by atoms with Gasteiger partial charge in [0.05, 0.1) is 0 Å². The first-order valence-corrected chi connectivity index (χ1v) is 10.0. The average molecular weight is 420 g/mol. The molecular formula is C22H18ClN5O2. The number of hydrogen-bond donors (Lipinski definition) is 1. The van der Waals surface area contributed by atoms with Crippen LogP contribution in [0.1, 0.15) is 35.6 Å². The average Bonchev–Trinajstić information content (AvgIpc) is 3.30. The van der Waals surface area contributed by atoms with Gasteiger partial charge in [0.15, 0.2) is 0 Å². The molecule has 0 bridgehead atoms. The van der Waals surface area contributed by atoms with Gasteiger partial charge in [-0.2, -0.15) is 4.98 Å². The Morgan fingerprint density at radius 3 is 2.33 bits per heavy atom. The Hall–Kier alpha value is -3.45. The zero-order chi connectivity index (χ0) is 20.8. The first-order chi connectivity index (χ1) is 14.5. The molecule has 150 valence electrons. The number of aromatic nitrogens is 3. The maximum Gasteiger partial charge on any atom is 0.260 e. The fraction of sp³-hybridized carbons (Fsp3) is 0.182. The molecule has 2 aliphatic heterocycles. The molecule has 30 heavy (non-hydrogen) atoms. The number of aryl methyl sites for hydroxylation is 1. The number of hydrogen-bond acceptors (Lipinski definition) is 5. The fourth-order valence-corrected chi connectivity index (χ4v) is 3.80. The van der Waals surface area contributed by atoms with E-state index in [9.17, 15) is 9.59 Å². The van der Waals surface area contributed by atoms with Crippen LogP contribution in [0.25, 0.3) is 5.70 Å². The Morgan fingerprint density at radius 2 is 1.67 bits per heavy atom. The number of amides is 2. The molecule has 0 aliphatic carbocycles. The molecule has 0 saturated carbocycles. The topological polar surface area (TPSA) is 80.1 Å². The third-order valence-electron chi connectivity index (χ3n) is 5.28. The van der Waals surface area contributed by atoms with Gasteiger partial charge in [-0.3, -0.25) is 9.59 Å². The van der Waals surface area contributed by atoms with Crippen LogP contribution < -0.4 is 10.2 Å². The summed E-state index contributed by atoms with van der Waals surface area (Å²) in [4.78, 5) is 29.9. The first kappa shape index (κ1) is 18.6. The molecule has 2 aliphatic rings. The van der Waals surface area contributed by atoms with E-state index in [0.717, 1.165) is 21.7 Å². The number of fused-ring (bicyclic) bond motifs is 1. The highest BCUT2D eigenvalue weighted by atomic mass is 35.5. The van der Waals surface area contributed by atoms with E-state index in [2.05, 4.69) is 15.4 Å². The number of nitrogens with one attached hydrogen (secondary N) is 1. The van der Waals surface area contributed by atoms with Gasteiger partial charge < -0.3 is 5.32 Å². The van der Waals surface area contributed by atoms with Crippen LogP contribution >= 0.6 is 11.6 Å². The van der Waals surface area contributed by atoms with E-state index < -0.39 is 0 Å². The summed E-state index contributed by atoms with van der Waals surface area (Å²) in [7, 11) is 0. The zero-order valence-electron chi connectivity index (χ0n) is 16.2. The lowest BCUT2D eigenvalue weighted by atomic mass is 10.0. The summed E-state index contributed by atoms with van der Waals surface area (Å²) in [5, 5.41) is 8.44. The molecular weight excluding hydrogens is 402 g/mol.